The number of nitrogens with one attached hydrogen (secondary N) is 1. The molecule has 0 aliphatic heterocycles. The molecule has 3 unspecified atom stereocenters. The minimum Gasteiger partial charge on any atom is -0.305 e. The first kappa shape index (κ1) is 13.4. The van der Waals surface area contributed by atoms with Crippen molar-refractivity contribution >= 4 is 23.1 Å². The van der Waals surface area contributed by atoms with Crippen LogP contribution in [0.15, 0.2) is 17.5 Å². The van der Waals surface area contributed by atoms with E-state index in [2.05, 4.69) is 48.4 Å². The van der Waals surface area contributed by atoms with Crippen molar-refractivity contribution in [3.05, 3.63) is 22.4 Å². The van der Waals surface area contributed by atoms with Crippen LogP contribution in [0.25, 0.3) is 0 Å². The number of thioether (sulfide) groups is 1. The average molecular weight is 269 g/mol. The maximum absolute atomic E-state index is 3.89. The summed E-state index contributed by atoms with van der Waals surface area (Å²) in [6.07, 6.45) is 5.35. The predicted molar refractivity (Wildman–Crippen MR) is 80.0 cm³/mol. The second-order valence-electron chi connectivity index (χ2n) is 4.67. The SMILES string of the molecule is CCSC1CCCC1NC(CC)c1cccs1. The van der Waals surface area contributed by atoms with E-state index in [1.165, 1.54) is 36.3 Å². The van der Waals surface area contributed by atoms with E-state index in [1.54, 1.807) is 0 Å². The Balaban J connectivity index is 1.94. The van der Waals surface area contributed by atoms with Crippen LogP contribution in [0.5, 0.6) is 0 Å². The number of rotatable bonds is 6. The first-order chi connectivity index (χ1) is 8.35. The summed E-state index contributed by atoms with van der Waals surface area (Å²) in [5, 5.41) is 6.92. The average Bonchev–Trinajstić information content (AvgIpc) is 2.97. The fourth-order valence-electron chi connectivity index (χ4n) is 2.68. The second kappa shape index (κ2) is 6.81. The molecule has 1 N–H and O–H groups in total. The molecular formula is C14H23NS2. The van der Waals surface area contributed by atoms with E-state index in [0.29, 0.717) is 6.04 Å². The molecule has 1 saturated carbocycles. The molecule has 1 heterocycles. The maximum atomic E-state index is 3.89. The number of hydrogen-bond acceptors (Lipinski definition) is 3. The van der Waals surface area contributed by atoms with Crippen LogP contribution in [0, 0.1) is 0 Å². The molecule has 0 spiro atoms. The molecule has 17 heavy (non-hydrogen) atoms. The molecule has 96 valence electrons. The minimum absolute atomic E-state index is 0.568. The van der Waals surface area contributed by atoms with Gasteiger partial charge < -0.3 is 5.32 Å². The van der Waals surface area contributed by atoms with Gasteiger partial charge in [0, 0.05) is 22.2 Å². The molecule has 1 aliphatic carbocycles. The highest BCUT2D eigenvalue weighted by Gasteiger charge is 2.28. The van der Waals surface area contributed by atoms with Gasteiger partial charge in [-0.05, 0) is 36.5 Å². The molecule has 1 nitrogen and oxygen atoms in total. The number of thiophene rings is 1. The van der Waals surface area contributed by atoms with Gasteiger partial charge in [-0.2, -0.15) is 11.8 Å². The Morgan fingerprint density at radius 2 is 2.35 bits per heavy atom. The van der Waals surface area contributed by atoms with Gasteiger partial charge in [-0.1, -0.05) is 26.3 Å². The molecular weight excluding hydrogens is 246 g/mol. The molecule has 3 heteroatoms. The first-order valence-electron chi connectivity index (χ1n) is 6.76. The highest BCUT2D eigenvalue weighted by Crippen LogP contribution is 2.32. The summed E-state index contributed by atoms with van der Waals surface area (Å²) in [7, 11) is 0. The van der Waals surface area contributed by atoms with E-state index in [1.807, 2.05) is 11.3 Å². The molecule has 0 radical (unpaired) electrons. The lowest BCUT2D eigenvalue weighted by atomic mass is 10.1. The van der Waals surface area contributed by atoms with Crippen LogP contribution in [0.3, 0.4) is 0 Å². The van der Waals surface area contributed by atoms with E-state index in [4.69, 9.17) is 0 Å². The van der Waals surface area contributed by atoms with Crippen molar-refractivity contribution < 1.29 is 0 Å². The van der Waals surface area contributed by atoms with Gasteiger partial charge in [-0.3, -0.25) is 0 Å². The van der Waals surface area contributed by atoms with Crippen molar-refractivity contribution in [3.63, 3.8) is 0 Å². The molecule has 1 aromatic rings. The van der Waals surface area contributed by atoms with E-state index >= 15 is 0 Å². The third-order valence-electron chi connectivity index (χ3n) is 3.54. The summed E-state index contributed by atoms with van der Waals surface area (Å²) in [5.74, 6) is 1.25. The van der Waals surface area contributed by atoms with Gasteiger partial charge in [-0.25, -0.2) is 0 Å². The lowest BCUT2D eigenvalue weighted by molar-refractivity contribution is 0.440. The monoisotopic (exact) mass is 269 g/mol. The molecule has 3 atom stereocenters. The quantitative estimate of drug-likeness (QED) is 0.818. The van der Waals surface area contributed by atoms with Gasteiger partial charge >= 0.3 is 0 Å². The van der Waals surface area contributed by atoms with Crippen LogP contribution < -0.4 is 5.32 Å². The Labute approximate surface area is 113 Å². The highest BCUT2D eigenvalue weighted by atomic mass is 32.2. The van der Waals surface area contributed by atoms with Crippen LogP contribution in [0.4, 0.5) is 0 Å². The Morgan fingerprint density at radius 1 is 1.47 bits per heavy atom. The van der Waals surface area contributed by atoms with E-state index in [0.717, 1.165) is 11.3 Å². The van der Waals surface area contributed by atoms with Gasteiger partial charge in [0.15, 0.2) is 0 Å². The maximum Gasteiger partial charge on any atom is 0.0414 e. The van der Waals surface area contributed by atoms with Crippen LogP contribution in [0.1, 0.15) is 50.4 Å². The normalized spacial score (nSPS) is 26.2. The lowest BCUT2D eigenvalue weighted by Gasteiger charge is -2.25. The van der Waals surface area contributed by atoms with Crippen LogP contribution in [-0.2, 0) is 0 Å². The molecule has 0 amide bonds. The zero-order valence-electron chi connectivity index (χ0n) is 10.8. The molecule has 1 fully saturated rings. The summed E-state index contributed by atoms with van der Waals surface area (Å²) < 4.78 is 0. The summed E-state index contributed by atoms with van der Waals surface area (Å²) in [4.78, 5) is 1.50. The standard InChI is InChI=1S/C14H23NS2/c1-3-11(13-9-6-10-17-13)15-12-7-5-8-14(12)16-4-2/h6,9-12,14-15H,3-5,7-8H2,1-2H3. The van der Waals surface area contributed by atoms with E-state index in [-0.39, 0.29) is 0 Å². The number of hydrogen-bond donors (Lipinski definition) is 1. The Morgan fingerprint density at radius 3 is 3.00 bits per heavy atom. The second-order valence-corrected chi connectivity index (χ2v) is 7.17. The predicted octanol–water partition coefficient (Wildman–Crippen LogP) is 4.46. The van der Waals surface area contributed by atoms with Gasteiger partial charge in [0.25, 0.3) is 0 Å². The zero-order valence-corrected chi connectivity index (χ0v) is 12.4. The van der Waals surface area contributed by atoms with Crippen molar-refractivity contribution in [2.75, 3.05) is 5.75 Å². The Kier molecular flexibility index (Phi) is 5.39. The van der Waals surface area contributed by atoms with Gasteiger partial charge in [-0.15, -0.1) is 11.3 Å². The summed E-state index contributed by atoms with van der Waals surface area (Å²) in [5.41, 5.74) is 0. The fourth-order valence-corrected chi connectivity index (χ4v) is 4.76. The van der Waals surface area contributed by atoms with Crippen molar-refractivity contribution in [2.45, 2.75) is 56.9 Å². The van der Waals surface area contributed by atoms with Gasteiger partial charge in [0.2, 0.25) is 0 Å². The van der Waals surface area contributed by atoms with E-state index < -0.39 is 0 Å². The van der Waals surface area contributed by atoms with Crippen LogP contribution in [-0.4, -0.2) is 17.0 Å². The topological polar surface area (TPSA) is 12.0 Å². The van der Waals surface area contributed by atoms with E-state index in [9.17, 15) is 0 Å². The summed E-state index contributed by atoms with van der Waals surface area (Å²) >= 11 is 4.02. The highest BCUT2D eigenvalue weighted by molar-refractivity contribution is 7.99. The molecule has 1 aromatic heterocycles. The van der Waals surface area contributed by atoms with Crippen molar-refractivity contribution in [1.82, 2.24) is 5.32 Å². The largest absolute Gasteiger partial charge is 0.305 e. The zero-order chi connectivity index (χ0) is 12.1. The minimum atomic E-state index is 0.568. The fraction of sp³-hybridized carbons (Fsp3) is 0.714. The van der Waals surface area contributed by atoms with Gasteiger partial charge in [0.05, 0.1) is 0 Å². The van der Waals surface area contributed by atoms with Crippen molar-refractivity contribution in [3.8, 4) is 0 Å². The van der Waals surface area contributed by atoms with Gasteiger partial charge in [0.1, 0.15) is 0 Å². The Hall–Kier alpha value is 0.01000. The molecule has 0 saturated heterocycles. The summed E-state index contributed by atoms with van der Waals surface area (Å²) in [6.45, 7) is 4.56. The smallest absolute Gasteiger partial charge is 0.0414 e. The molecule has 0 aromatic carbocycles. The van der Waals surface area contributed by atoms with Crippen LogP contribution in [0.2, 0.25) is 0 Å². The lowest BCUT2D eigenvalue weighted by Crippen LogP contribution is -2.36. The first-order valence-corrected chi connectivity index (χ1v) is 8.69. The third kappa shape index (κ3) is 3.49. The molecule has 0 bridgehead atoms. The Bertz CT molecular complexity index is 310. The van der Waals surface area contributed by atoms with Crippen LogP contribution >= 0.6 is 23.1 Å². The summed E-state index contributed by atoms with van der Waals surface area (Å²) in [6, 6.07) is 5.73. The molecule has 2 rings (SSSR count). The third-order valence-corrected chi connectivity index (χ3v) is 5.86. The van der Waals surface area contributed by atoms with Crippen molar-refractivity contribution in [1.29, 1.82) is 0 Å². The molecule has 1 aliphatic rings. The van der Waals surface area contributed by atoms with Crippen molar-refractivity contribution in [2.24, 2.45) is 0 Å².